The molecule has 0 aliphatic carbocycles. The van der Waals surface area contributed by atoms with Crippen LogP contribution in [0.25, 0.3) is 16.8 Å². The number of alkyl halides is 3. The Morgan fingerprint density at radius 1 is 1.18 bits per heavy atom. The van der Waals surface area contributed by atoms with Gasteiger partial charge in [0, 0.05) is 56.3 Å². The number of nitrogens with two attached hydrogens (primary N) is 1. The zero-order valence-electron chi connectivity index (χ0n) is 24.1. The van der Waals surface area contributed by atoms with Crippen molar-refractivity contribution in [1.29, 1.82) is 0 Å². The minimum atomic E-state index is -4.82. The van der Waals surface area contributed by atoms with Crippen molar-refractivity contribution >= 4 is 17.7 Å². The van der Waals surface area contributed by atoms with Crippen LogP contribution in [0.1, 0.15) is 36.6 Å². The first kappa shape index (κ1) is 29.4. The molecule has 0 saturated carbocycles. The monoisotopic (exact) mass is 611 g/mol. The highest BCUT2D eigenvalue weighted by Crippen LogP contribution is 2.42. The maximum absolute atomic E-state index is 14.7. The quantitative estimate of drug-likeness (QED) is 0.283. The van der Waals surface area contributed by atoms with Crippen LogP contribution >= 0.6 is 0 Å². The summed E-state index contributed by atoms with van der Waals surface area (Å²) < 4.78 is 52.8. The van der Waals surface area contributed by atoms with Crippen molar-refractivity contribution in [2.75, 3.05) is 30.3 Å². The molecule has 0 radical (unpaired) electrons. The van der Waals surface area contributed by atoms with Gasteiger partial charge in [-0.1, -0.05) is 12.1 Å². The molecular formula is C29H32F3N9O3. The molecule has 12 nitrogen and oxygen atoms in total. The van der Waals surface area contributed by atoms with Crippen molar-refractivity contribution < 1.29 is 27.8 Å². The summed E-state index contributed by atoms with van der Waals surface area (Å²) in [5.41, 5.74) is 7.87. The number of hydrogen-bond donors (Lipinski definition) is 3. The molecule has 3 aromatic heterocycles. The first-order chi connectivity index (χ1) is 20.9. The van der Waals surface area contributed by atoms with Crippen LogP contribution in [0.4, 0.5) is 24.9 Å². The van der Waals surface area contributed by atoms with Crippen LogP contribution in [0.3, 0.4) is 0 Å². The molecule has 4 N–H and O–H groups in total. The van der Waals surface area contributed by atoms with E-state index in [1.54, 1.807) is 55.4 Å². The van der Waals surface area contributed by atoms with E-state index in [1.807, 2.05) is 4.90 Å². The third-order valence-corrected chi connectivity index (χ3v) is 8.37. The molecule has 1 spiro atoms. The van der Waals surface area contributed by atoms with Crippen LogP contribution in [-0.4, -0.2) is 72.5 Å². The van der Waals surface area contributed by atoms with E-state index in [1.165, 1.54) is 16.8 Å². The third kappa shape index (κ3) is 5.91. The summed E-state index contributed by atoms with van der Waals surface area (Å²) in [6, 6.07) is 7.07. The fraction of sp³-hybridized carbons (Fsp3) is 0.414. The summed E-state index contributed by atoms with van der Waals surface area (Å²) in [4.78, 5) is 21.6. The van der Waals surface area contributed by atoms with Crippen LogP contribution in [-0.2, 0) is 11.8 Å². The summed E-state index contributed by atoms with van der Waals surface area (Å²) in [6.45, 7) is 3.42. The topological polar surface area (TPSA) is 149 Å². The predicted molar refractivity (Wildman–Crippen MR) is 154 cm³/mol. The second-order valence-corrected chi connectivity index (χ2v) is 11.5. The number of rotatable bonds is 7. The van der Waals surface area contributed by atoms with Gasteiger partial charge in [-0.2, -0.15) is 33.3 Å². The minimum Gasteiger partial charge on any atom is -0.480 e. The SMILES string of the molecule is Cc1ccn(-c2cc(-c3cnn(C)c3)ccc2[C@@H](Oc2cc(N3CCC4(CC3)CNC(C(=O)O)C4)nc(N)n2)C(F)(F)F)n1. The number of piperidine rings is 1. The molecule has 2 aliphatic rings. The van der Waals surface area contributed by atoms with E-state index in [-0.39, 0.29) is 28.5 Å². The lowest BCUT2D eigenvalue weighted by molar-refractivity contribution is -0.198. The Morgan fingerprint density at radius 2 is 1.95 bits per heavy atom. The number of halogens is 3. The normalized spacial score (nSPS) is 18.9. The Hall–Kier alpha value is -4.66. The van der Waals surface area contributed by atoms with Crippen molar-refractivity contribution in [3.05, 3.63) is 60.2 Å². The van der Waals surface area contributed by atoms with Crippen molar-refractivity contribution in [1.82, 2.24) is 34.8 Å². The second kappa shape index (κ2) is 11.1. The summed E-state index contributed by atoms with van der Waals surface area (Å²) in [6.07, 6.45) is -0.290. The van der Waals surface area contributed by atoms with Gasteiger partial charge in [0.15, 0.2) is 0 Å². The van der Waals surface area contributed by atoms with Crippen LogP contribution in [0, 0.1) is 12.3 Å². The highest BCUT2D eigenvalue weighted by atomic mass is 19.4. The molecule has 232 valence electrons. The van der Waals surface area contributed by atoms with Crippen molar-refractivity contribution in [3.8, 4) is 22.7 Å². The van der Waals surface area contributed by atoms with Gasteiger partial charge in [-0.3, -0.25) is 9.48 Å². The van der Waals surface area contributed by atoms with E-state index in [4.69, 9.17) is 10.5 Å². The van der Waals surface area contributed by atoms with Gasteiger partial charge in [0.2, 0.25) is 17.9 Å². The lowest BCUT2D eigenvalue weighted by Gasteiger charge is -2.39. The zero-order chi connectivity index (χ0) is 31.2. The van der Waals surface area contributed by atoms with E-state index >= 15 is 0 Å². The number of nitrogens with zero attached hydrogens (tertiary/aromatic N) is 7. The Balaban J connectivity index is 1.30. The van der Waals surface area contributed by atoms with Gasteiger partial charge in [-0.15, -0.1) is 0 Å². The van der Waals surface area contributed by atoms with Gasteiger partial charge in [-0.25, -0.2) is 4.68 Å². The number of carboxylic acids is 1. The van der Waals surface area contributed by atoms with Gasteiger partial charge >= 0.3 is 12.1 Å². The van der Waals surface area contributed by atoms with Gasteiger partial charge in [0.25, 0.3) is 0 Å². The smallest absolute Gasteiger partial charge is 0.429 e. The molecule has 5 heterocycles. The Bertz CT molecular complexity index is 1680. The molecule has 1 aromatic carbocycles. The van der Waals surface area contributed by atoms with Crippen LogP contribution in [0.5, 0.6) is 5.88 Å². The Morgan fingerprint density at radius 3 is 2.57 bits per heavy atom. The minimum absolute atomic E-state index is 0.151. The third-order valence-electron chi connectivity index (χ3n) is 8.37. The van der Waals surface area contributed by atoms with E-state index < -0.39 is 24.3 Å². The number of aryl methyl sites for hydroxylation is 2. The first-order valence-corrected chi connectivity index (χ1v) is 14.1. The second-order valence-electron chi connectivity index (χ2n) is 11.5. The van der Waals surface area contributed by atoms with Crippen LogP contribution in [0.15, 0.2) is 48.9 Å². The molecule has 1 unspecified atom stereocenters. The fourth-order valence-corrected chi connectivity index (χ4v) is 6.03. The zero-order valence-corrected chi connectivity index (χ0v) is 24.1. The van der Waals surface area contributed by atoms with E-state index in [9.17, 15) is 23.1 Å². The standard InChI is InChI=1S/C29H32F3N9O3/c1-17-5-8-41(38-17)22-11-18(19-14-35-39(2)15-19)3-4-20(22)25(29(30,31)32)44-24-12-23(36-27(33)37-24)40-9-6-28(7-10-40)13-21(26(42)43)34-16-28/h3-5,8,11-12,14-15,21,25,34H,6-7,9-10,13,16H2,1-2H3,(H,42,43)(H2,33,36,37)/t21?,25-/m1/s1. The maximum atomic E-state index is 14.7. The molecule has 2 saturated heterocycles. The molecule has 2 aliphatic heterocycles. The number of nitrogen functional groups attached to an aromatic ring is 1. The highest BCUT2D eigenvalue weighted by molar-refractivity contribution is 5.74. The predicted octanol–water partition coefficient (Wildman–Crippen LogP) is 3.67. The van der Waals surface area contributed by atoms with Crippen LogP contribution in [0.2, 0.25) is 0 Å². The number of carbonyl (C=O) groups is 1. The Kier molecular flexibility index (Phi) is 7.43. The number of carboxylic acid groups (broad SMARTS) is 1. The summed E-state index contributed by atoms with van der Waals surface area (Å²) in [5.74, 6) is -1.06. The maximum Gasteiger partial charge on any atom is 0.429 e. The average Bonchev–Trinajstić information content (AvgIpc) is 3.71. The molecule has 0 amide bonds. The number of hydrogen-bond acceptors (Lipinski definition) is 9. The summed E-state index contributed by atoms with van der Waals surface area (Å²) in [7, 11) is 1.76. The number of nitrogens with one attached hydrogen (secondary N) is 1. The molecule has 44 heavy (non-hydrogen) atoms. The lowest BCUT2D eigenvalue weighted by atomic mass is 9.76. The van der Waals surface area contributed by atoms with Crippen LogP contribution < -0.4 is 20.7 Å². The number of benzene rings is 1. The number of aromatic nitrogens is 6. The molecule has 4 aromatic rings. The first-order valence-electron chi connectivity index (χ1n) is 14.1. The molecular weight excluding hydrogens is 579 g/mol. The largest absolute Gasteiger partial charge is 0.480 e. The highest BCUT2D eigenvalue weighted by Gasteiger charge is 2.46. The van der Waals surface area contributed by atoms with Crippen molar-refractivity contribution in [2.45, 2.75) is 44.5 Å². The van der Waals surface area contributed by atoms with Crippen molar-refractivity contribution in [2.24, 2.45) is 12.5 Å². The van der Waals surface area contributed by atoms with E-state index in [2.05, 4.69) is 25.5 Å². The van der Waals surface area contributed by atoms with Crippen molar-refractivity contribution in [3.63, 3.8) is 0 Å². The van der Waals surface area contributed by atoms with Gasteiger partial charge in [-0.05, 0) is 49.3 Å². The van der Waals surface area contributed by atoms with E-state index in [0.29, 0.717) is 56.0 Å². The summed E-state index contributed by atoms with van der Waals surface area (Å²) in [5, 5.41) is 21.0. The van der Waals surface area contributed by atoms with E-state index in [0.717, 1.165) is 5.56 Å². The summed E-state index contributed by atoms with van der Waals surface area (Å²) >= 11 is 0. The molecule has 15 heteroatoms. The average molecular weight is 612 g/mol. The molecule has 0 bridgehead atoms. The molecule has 2 atom stereocenters. The van der Waals surface area contributed by atoms with Gasteiger partial charge < -0.3 is 25.8 Å². The number of aliphatic carboxylic acids is 1. The Labute approximate surface area is 250 Å². The lowest BCUT2D eigenvalue weighted by Crippen LogP contribution is -2.41. The van der Waals surface area contributed by atoms with Gasteiger partial charge in [0.1, 0.15) is 11.9 Å². The number of ether oxygens (including phenoxy) is 1. The molecule has 2 fully saturated rings. The fourth-order valence-electron chi connectivity index (χ4n) is 6.03. The number of anilines is 2. The van der Waals surface area contributed by atoms with Gasteiger partial charge in [0.05, 0.1) is 17.6 Å². The molecule has 6 rings (SSSR count).